The van der Waals surface area contributed by atoms with Crippen molar-refractivity contribution >= 4 is 40.1 Å². The molecule has 0 saturated heterocycles. The fourth-order valence-corrected chi connectivity index (χ4v) is 2.53. The van der Waals surface area contributed by atoms with Crippen molar-refractivity contribution in [2.45, 2.75) is 0 Å². The summed E-state index contributed by atoms with van der Waals surface area (Å²) in [5.41, 5.74) is 2.21. The summed E-state index contributed by atoms with van der Waals surface area (Å²) in [6.45, 7) is 0. The van der Waals surface area contributed by atoms with Crippen LogP contribution in [-0.4, -0.2) is 23.5 Å². The van der Waals surface area contributed by atoms with Crippen LogP contribution in [0, 0.1) is 5.21 Å². The smallest absolute Gasteiger partial charge is 0.0838 e. The molecule has 0 radical (unpaired) electrons. The van der Waals surface area contributed by atoms with Crippen molar-refractivity contribution in [1.29, 1.82) is 0 Å². The number of rotatable bonds is 4. The minimum Gasteiger partial charge on any atom is -0.733 e. The minimum absolute atomic E-state index is 0.0155. The molecule has 0 amide bonds. The molecule has 6 nitrogen and oxygen atoms in total. The van der Waals surface area contributed by atoms with Gasteiger partial charge in [-0.25, -0.2) is 0 Å². The summed E-state index contributed by atoms with van der Waals surface area (Å²) in [6, 6.07) is 14.2. The molecule has 0 aliphatic carbocycles. The zero-order valence-electron chi connectivity index (χ0n) is 12.8. The van der Waals surface area contributed by atoms with Crippen LogP contribution < -0.4 is 10.2 Å². The van der Waals surface area contributed by atoms with Gasteiger partial charge in [-0.1, -0.05) is 29.8 Å². The standard InChI is InChI=1S/C17H14ClN4O2/c1-21(16-7-6-13(18)10-17(16)22(23)24)20-11-12-8-9-19-15-5-3-2-4-14(12)15/h2-11,23H,1H3/q-1/b20-11+. The van der Waals surface area contributed by atoms with Crippen LogP contribution in [0.5, 0.6) is 0 Å². The lowest BCUT2D eigenvalue weighted by molar-refractivity contribution is 0.296. The maximum Gasteiger partial charge on any atom is 0.0838 e. The first-order valence-corrected chi connectivity index (χ1v) is 7.51. The molecular formula is C17H14ClN4O2-. The molecule has 0 bridgehead atoms. The molecule has 1 aromatic heterocycles. The molecule has 0 aliphatic heterocycles. The highest BCUT2D eigenvalue weighted by Crippen LogP contribution is 2.30. The number of halogens is 1. The van der Waals surface area contributed by atoms with Crippen LogP contribution in [0.2, 0.25) is 5.02 Å². The summed E-state index contributed by atoms with van der Waals surface area (Å²) >= 11 is 5.86. The van der Waals surface area contributed by atoms with Gasteiger partial charge in [0.05, 0.1) is 23.1 Å². The first-order valence-electron chi connectivity index (χ1n) is 7.13. The molecule has 3 aromatic rings. The highest BCUT2D eigenvalue weighted by molar-refractivity contribution is 6.31. The summed E-state index contributed by atoms with van der Waals surface area (Å²) in [4.78, 5) is 4.30. The van der Waals surface area contributed by atoms with Gasteiger partial charge in [0.25, 0.3) is 0 Å². The Bertz CT molecular complexity index is 893. The molecule has 1 N–H and O–H groups in total. The summed E-state index contributed by atoms with van der Waals surface area (Å²) in [7, 11) is 1.68. The van der Waals surface area contributed by atoms with Gasteiger partial charge in [-0.3, -0.25) is 15.2 Å². The van der Waals surface area contributed by atoms with Crippen LogP contribution in [0.1, 0.15) is 5.56 Å². The summed E-state index contributed by atoms with van der Waals surface area (Å²) < 4.78 is 0. The molecular weight excluding hydrogens is 328 g/mol. The Hall–Kier alpha value is -2.67. The molecule has 1 heterocycles. The molecule has 0 atom stereocenters. The van der Waals surface area contributed by atoms with Crippen LogP contribution >= 0.6 is 11.6 Å². The van der Waals surface area contributed by atoms with Gasteiger partial charge >= 0.3 is 0 Å². The van der Waals surface area contributed by atoms with Crippen molar-refractivity contribution in [3.63, 3.8) is 0 Å². The van der Waals surface area contributed by atoms with Crippen LogP contribution in [0.15, 0.2) is 59.8 Å². The van der Waals surface area contributed by atoms with Crippen molar-refractivity contribution < 1.29 is 5.21 Å². The molecule has 7 heteroatoms. The molecule has 122 valence electrons. The van der Waals surface area contributed by atoms with E-state index in [9.17, 15) is 10.4 Å². The Kier molecular flexibility index (Phi) is 4.61. The quantitative estimate of drug-likeness (QED) is 0.572. The first kappa shape index (κ1) is 16.2. The SMILES string of the molecule is CN(/N=C/c1ccnc2ccccc12)c1ccc(Cl)cc1N([O-])O. The predicted molar refractivity (Wildman–Crippen MR) is 96.8 cm³/mol. The van der Waals surface area contributed by atoms with Crippen molar-refractivity contribution in [1.82, 2.24) is 4.98 Å². The number of hydrogen-bond donors (Lipinski definition) is 1. The molecule has 0 spiro atoms. The number of aromatic nitrogens is 1. The highest BCUT2D eigenvalue weighted by Gasteiger charge is 2.08. The van der Waals surface area contributed by atoms with Gasteiger partial charge in [0.15, 0.2) is 0 Å². The van der Waals surface area contributed by atoms with Gasteiger partial charge < -0.3 is 10.4 Å². The minimum atomic E-state index is -0.227. The summed E-state index contributed by atoms with van der Waals surface area (Å²) in [5, 5.41) is 27.5. The zero-order chi connectivity index (χ0) is 17.1. The summed E-state index contributed by atoms with van der Waals surface area (Å²) in [6.07, 6.45) is 3.39. The topological polar surface area (TPSA) is 75.0 Å². The number of hydrogen-bond acceptors (Lipinski definition) is 6. The van der Waals surface area contributed by atoms with Crippen LogP contribution in [0.3, 0.4) is 0 Å². The van der Waals surface area contributed by atoms with Crippen molar-refractivity contribution in [3.05, 3.63) is 70.5 Å². The molecule has 24 heavy (non-hydrogen) atoms. The average Bonchev–Trinajstić information content (AvgIpc) is 2.59. The first-order chi connectivity index (χ1) is 11.6. The third-order valence-electron chi connectivity index (χ3n) is 3.54. The van der Waals surface area contributed by atoms with E-state index in [0.29, 0.717) is 10.7 Å². The van der Waals surface area contributed by atoms with Gasteiger partial charge in [0.1, 0.15) is 0 Å². The number of hydrazone groups is 1. The Morgan fingerprint density at radius 1 is 1.17 bits per heavy atom. The number of para-hydroxylation sites is 1. The normalized spacial score (nSPS) is 11.2. The number of benzene rings is 2. The number of nitrogens with zero attached hydrogens (tertiary/aromatic N) is 4. The fourth-order valence-electron chi connectivity index (χ4n) is 2.37. The zero-order valence-corrected chi connectivity index (χ0v) is 13.6. The largest absolute Gasteiger partial charge is 0.733 e. The van der Waals surface area contributed by atoms with Crippen LogP contribution in [0.25, 0.3) is 10.9 Å². The number of pyridine rings is 1. The molecule has 0 aliphatic rings. The number of anilines is 2. The second-order valence-corrected chi connectivity index (χ2v) is 5.53. The van der Waals surface area contributed by atoms with Gasteiger partial charge in [0, 0.05) is 29.2 Å². The van der Waals surface area contributed by atoms with E-state index in [-0.39, 0.29) is 10.9 Å². The van der Waals surface area contributed by atoms with E-state index in [1.807, 2.05) is 30.3 Å². The van der Waals surface area contributed by atoms with Gasteiger partial charge in [-0.15, -0.1) is 0 Å². The Balaban J connectivity index is 1.94. The molecule has 2 aromatic carbocycles. The second kappa shape index (κ2) is 6.84. The second-order valence-electron chi connectivity index (χ2n) is 5.09. The Morgan fingerprint density at radius 3 is 2.75 bits per heavy atom. The van der Waals surface area contributed by atoms with E-state index < -0.39 is 0 Å². The van der Waals surface area contributed by atoms with Gasteiger partial charge in [0.2, 0.25) is 0 Å². The van der Waals surface area contributed by atoms with E-state index >= 15 is 0 Å². The van der Waals surface area contributed by atoms with Gasteiger partial charge in [-0.05, 0) is 30.3 Å². The molecule has 3 rings (SSSR count). The van der Waals surface area contributed by atoms with E-state index in [2.05, 4.69) is 10.1 Å². The van der Waals surface area contributed by atoms with Crippen LogP contribution in [0.4, 0.5) is 11.4 Å². The predicted octanol–water partition coefficient (Wildman–Crippen LogP) is 4.05. The lowest BCUT2D eigenvalue weighted by atomic mass is 10.1. The van der Waals surface area contributed by atoms with Crippen molar-refractivity contribution in [2.75, 3.05) is 17.3 Å². The van der Waals surface area contributed by atoms with E-state index in [1.54, 1.807) is 31.6 Å². The van der Waals surface area contributed by atoms with E-state index in [0.717, 1.165) is 16.5 Å². The maximum absolute atomic E-state index is 11.3. The summed E-state index contributed by atoms with van der Waals surface area (Å²) in [5.74, 6) is 0. The lowest BCUT2D eigenvalue weighted by Gasteiger charge is -2.27. The highest BCUT2D eigenvalue weighted by atomic mass is 35.5. The number of fused-ring (bicyclic) bond motifs is 1. The molecule has 0 unspecified atom stereocenters. The van der Waals surface area contributed by atoms with E-state index in [1.165, 1.54) is 11.1 Å². The monoisotopic (exact) mass is 341 g/mol. The maximum atomic E-state index is 11.3. The third kappa shape index (κ3) is 3.30. The van der Waals surface area contributed by atoms with Crippen molar-refractivity contribution in [2.24, 2.45) is 5.10 Å². The molecule has 0 fully saturated rings. The lowest BCUT2D eigenvalue weighted by Crippen LogP contribution is -2.15. The fraction of sp³-hybridized carbons (Fsp3) is 0.0588. The van der Waals surface area contributed by atoms with Gasteiger partial charge in [-0.2, -0.15) is 5.10 Å². The van der Waals surface area contributed by atoms with Crippen molar-refractivity contribution in [3.8, 4) is 0 Å². The Labute approximate surface area is 143 Å². The van der Waals surface area contributed by atoms with Crippen LogP contribution in [-0.2, 0) is 0 Å². The average molecular weight is 342 g/mol. The molecule has 0 saturated carbocycles. The Morgan fingerprint density at radius 2 is 1.96 bits per heavy atom. The third-order valence-corrected chi connectivity index (χ3v) is 3.78. The van der Waals surface area contributed by atoms with E-state index in [4.69, 9.17) is 11.6 Å².